The first-order chi connectivity index (χ1) is 10.7. The molecule has 0 bridgehead atoms. The van der Waals surface area contributed by atoms with Crippen molar-refractivity contribution in [3.63, 3.8) is 0 Å². The second kappa shape index (κ2) is 7.90. The molecule has 1 rings (SSSR count). The second-order valence-electron chi connectivity index (χ2n) is 5.63. The average molecular weight is 337 g/mol. The maximum atomic E-state index is 12.7. The zero-order valence-electron chi connectivity index (χ0n) is 14.5. The van der Waals surface area contributed by atoms with Crippen LogP contribution in [0.15, 0.2) is 30.2 Å². The van der Waals surface area contributed by atoms with Gasteiger partial charge in [-0.05, 0) is 61.4 Å². The Bertz CT molecular complexity index is 706. The summed E-state index contributed by atoms with van der Waals surface area (Å²) in [5.41, 5.74) is 10.5. The van der Waals surface area contributed by atoms with Crippen LogP contribution in [0.3, 0.4) is 0 Å². The Labute approximate surface area is 140 Å². The van der Waals surface area contributed by atoms with Gasteiger partial charge in [0.2, 0.25) is 0 Å². The summed E-state index contributed by atoms with van der Waals surface area (Å²) in [6.45, 7) is 14.9. The fourth-order valence-electron chi connectivity index (χ4n) is 2.74. The van der Waals surface area contributed by atoms with Gasteiger partial charge in [0.1, 0.15) is 4.90 Å². The minimum Gasteiger partial charge on any atom is -0.324 e. The van der Waals surface area contributed by atoms with Gasteiger partial charge in [-0.25, -0.2) is 0 Å². The van der Waals surface area contributed by atoms with Crippen LogP contribution >= 0.6 is 0 Å². The molecule has 0 aliphatic heterocycles. The Hall–Kier alpha value is -1.43. The van der Waals surface area contributed by atoms with Gasteiger partial charge < -0.3 is 5.73 Å². The van der Waals surface area contributed by atoms with Gasteiger partial charge >= 0.3 is 0 Å². The number of nitrogens with two attached hydrogens (primary N) is 1. The van der Waals surface area contributed by atoms with Crippen molar-refractivity contribution in [3.05, 3.63) is 53.1 Å². The molecule has 0 saturated carbocycles. The van der Waals surface area contributed by atoms with Crippen LogP contribution in [0.25, 0.3) is 0 Å². The summed E-state index contributed by atoms with van der Waals surface area (Å²) < 4.78 is 30.5. The third-order valence-electron chi connectivity index (χ3n) is 4.24. The molecule has 0 fully saturated rings. The van der Waals surface area contributed by atoms with Gasteiger partial charge in [-0.3, -0.25) is 4.18 Å². The van der Waals surface area contributed by atoms with Crippen molar-refractivity contribution >= 4 is 10.1 Å². The van der Waals surface area contributed by atoms with Crippen LogP contribution in [0.2, 0.25) is 0 Å². The lowest BCUT2D eigenvalue weighted by Gasteiger charge is -2.25. The minimum absolute atomic E-state index is 0.0632. The highest BCUT2D eigenvalue weighted by atomic mass is 32.2. The predicted octanol–water partition coefficient (Wildman–Crippen LogP) is 3.64. The Kier molecular flexibility index (Phi) is 6.74. The summed E-state index contributed by atoms with van der Waals surface area (Å²) in [4.78, 5) is 0.202. The molecule has 0 aliphatic carbocycles. The monoisotopic (exact) mass is 337 g/mol. The van der Waals surface area contributed by atoms with Gasteiger partial charge in [0.15, 0.2) is 0 Å². The highest BCUT2D eigenvalue weighted by Gasteiger charge is 2.29. The zero-order chi connectivity index (χ0) is 17.8. The topological polar surface area (TPSA) is 69.4 Å². The first-order valence-corrected chi connectivity index (χ1v) is 9.12. The Balaban J connectivity index is 3.85. The molecule has 2 N–H and O–H groups in total. The molecule has 128 valence electrons. The normalized spacial score (nSPS) is 12.9. The summed E-state index contributed by atoms with van der Waals surface area (Å²) in [5.74, 6) is 0. The van der Waals surface area contributed by atoms with Gasteiger partial charge in [-0.2, -0.15) is 8.42 Å². The third-order valence-corrected chi connectivity index (χ3v) is 5.71. The summed E-state index contributed by atoms with van der Waals surface area (Å²) in [6.07, 6.45) is 4.39. The molecule has 1 unspecified atom stereocenters. The van der Waals surface area contributed by atoms with Crippen molar-refractivity contribution in [1.29, 1.82) is 0 Å². The van der Waals surface area contributed by atoms with Crippen LogP contribution in [0.1, 0.15) is 47.2 Å². The molecular weight excluding hydrogens is 310 g/mol. The first-order valence-electron chi connectivity index (χ1n) is 7.72. The molecular formula is C18H27NO3S. The molecule has 5 heteroatoms. The molecule has 1 aromatic rings. The second-order valence-corrected chi connectivity index (χ2v) is 7.18. The van der Waals surface area contributed by atoms with E-state index in [2.05, 4.69) is 13.2 Å². The molecule has 0 heterocycles. The van der Waals surface area contributed by atoms with E-state index in [1.54, 1.807) is 13.0 Å². The summed E-state index contributed by atoms with van der Waals surface area (Å²) >= 11 is 0. The van der Waals surface area contributed by atoms with Crippen molar-refractivity contribution in [3.8, 4) is 0 Å². The van der Waals surface area contributed by atoms with Crippen molar-refractivity contribution < 1.29 is 12.6 Å². The van der Waals surface area contributed by atoms with E-state index in [1.165, 1.54) is 6.08 Å². The smallest absolute Gasteiger partial charge is 0.297 e. The fourth-order valence-corrected chi connectivity index (χ4v) is 4.21. The van der Waals surface area contributed by atoms with E-state index in [0.29, 0.717) is 24.0 Å². The number of hydrogen-bond acceptors (Lipinski definition) is 4. The van der Waals surface area contributed by atoms with Gasteiger partial charge in [-0.15, -0.1) is 13.2 Å². The standard InChI is InChI=1S/C18H27NO3S/c1-7-10-15-13(5)12(4)14(6)18(17(15)16(19)9-3)23(20,21)22-11-8-2/h7-8,16H,1-2,9-11,19H2,3-6H3. The highest BCUT2D eigenvalue weighted by Crippen LogP contribution is 2.36. The molecule has 23 heavy (non-hydrogen) atoms. The zero-order valence-corrected chi connectivity index (χ0v) is 15.3. The summed E-state index contributed by atoms with van der Waals surface area (Å²) in [5, 5.41) is 0. The Morgan fingerprint density at radius 2 is 1.74 bits per heavy atom. The van der Waals surface area contributed by atoms with Crippen LogP contribution in [0.5, 0.6) is 0 Å². The van der Waals surface area contributed by atoms with Gasteiger partial charge in [0, 0.05) is 6.04 Å². The number of hydrogen-bond donors (Lipinski definition) is 1. The van der Waals surface area contributed by atoms with Crippen molar-refractivity contribution in [2.45, 2.75) is 51.5 Å². The molecule has 4 nitrogen and oxygen atoms in total. The van der Waals surface area contributed by atoms with Gasteiger partial charge in [0.05, 0.1) is 6.61 Å². The highest BCUT2D eigenvalue weighted by molar-refractivity contribution is 7.86. The molecule has 1 atom stereocenters. The summed E-state index contributed by atoms with van der Waals surface area (Å²) in [7, 11) is -3.90. The van der Waals surface area contributed by atoms with Crippen molar-refractivity contribution in [2.24, 2.45) is 5.73 Å². The van der Waals surface area contributed by atoms with Crippen molar-refractivity contribution in [1.82, 2.24) is 0 Å². The SMILES string of the molecule is C=CCOS(=O)(=O)c1c(C)c(C)c(C)c(CC=C)c1C(N)CC. The lowest BCUT2D eigenvalue weighted by Crippen LogP contribution is -2.21. The van der Waals surface area contributed by atoms with E-state index in [9.17, 15) is 8.42 Å². The maximum Gasteiger partial charge on any atom is 0.297 e. The molecule has 1 aromatic carbocycles. The largest absolute Gasteiger partial charge is 0.324 e. The molecule has 0 aliphatic rings. The molecule has 0 amide bonds. The molecule has 0 radical (unpaired) electrons. The van der Waals surface area contributed by atoms with Crippen LogP contribution < -0.4 is 5.73 Å². The quantitative estimate of drug-likeness (QED) is 0.581. The summed E-state index contributed by atoms with van der Waals surface area (Å²) in [6, 6.07) is -0.375. The van der Waals surface area contributed by atoms with E-state index >= 15 is 0 Å². The number of benzene rings is 1. The van der Waals surface area contributed by atoms with E-state index in [-0.39, 0.29) is 17.5 Å². The van der Waals surface area contributed by atoms with E-state index in [4.69, 9.17) is 9.92 Å². The lowest BCUT2D eigenvalue weighted by molar-refractivity contribution is 0.356. The number of allylic oxidation sites excluding steroid dienone is 1. The molecule has 0 saturated heterocycles. The third kappa shape index (κ3) is 3.91. The van der Waals surface area contributed by atoms with Crippen LogP contribution in [0.4, 0.5) is 0 Å². The van der Waals surface area contributed by atoms with E-state index in [0.717, 1.165) is 16.7 Å². The van der Waals surface area contributed by atoms with Crippen molar-refractivity contribution in [2.75, 3.05) is 6.61 Å². The van der Waals surface area contributed by atoms with Gasteiger partial charge in [0.25, 0.3) is 10.1 Å². The lowest BCUT2D eigenvalue weighted by atomic mass is 9.88. The maximum absolute atomic E-state index is 12.7. The van der Waals surface area contributed by atoms with Crippen LogP contribution in [0, 0.1) is 20.8 Å². The van der Waals surface area contributed by atoms with E-state index in [1.807, 2.05) is 20.8 Å². The molecule has 0 spiro atoms. The van der Waals surface area contributed by atoms with Crippen LogP contribution in [-0.2, 0) is 20.7 Å². The molecule has 0 aromatic heterocycles. The first kappa shape index (κ1) is 19.6. The Morgan fingerprint density at radius 3 is 2.22 bits per heavy atom. The Morgan fingerprint density at radius 1 is 1.13 bits per heavy atom. The van der Waals surface area contributed by atoms with Gasteiger partial charge in [-0.1, -0.05) is 19.1 Å². The van der Waals surface area contributed by atoms with E-state index < -0.39 is 10.1 Å². The predicted molar refractivity (Wildman–Crippen MR) is 95.1 cm³/mol. The number of rotatable bonds is 8. The van der Waals surface area contributed by atoms with Crippen LogP contribution in [-0.4, -0.2) is 15.0 Å². The minimum atomic E-state index is -3.90. The fraction of sp³-hybridized carbons (Fsp3) is 0.444. The average Bonchev–Trinajstić information content (AvgIpc) is 2.52.